The van der Waals surface area contributed by atoms with E-state index in [1.807, 2.05) is 12.1 Å². The molecule has 4 heterocycles. The van der Waals surface area contributed by atoms with Crippen LogP contribution in [0.25, 0.3) is 89.5 Å². The number of pyridine rings is 4. The average molecular weight is 1340 g/mol. The van der Waals surface area contributed by atoms with Crippen molar-refractivity contribution in [2.75, 3.05) is 0 Å². The van der Waals surface area contributed by atoms with E-state index >= 15 is 0 Å². The number of nitrogens with zero attached hydrogens (tertiary/aromatic N) is 4. The number of aromatic nitrogens is 4. The summed E-state index contributed by atoms with van der Waals surface area (Å²) in [6.45, 7) is 40.6. The Labute approximate surface area is 614 Å². The van der Waals surface area contributed by atoms with Crippen molar-refractivity contribution in [3.05, 3.63) is 308 Å². The van der Waals surface area contributed by atoms with Gasteiger partial charge in [-0.15, -0.1) is 0 Å². The molecule has 0 amide bonds. The Hall–Kier alpha value is -9.64. The van der Waals surface area contributed by atoms with E-state index in [9.17, 15) is 0 Å². The summed E-state index contributed by atoms with van der Waals surface area (Å²) in [5.41, 5.74) is 43.0. The largest absolute Gasteiger partial charge is 0.212 e. The molecule has 4 nitrogen and oxygen atoms in total. The van der Waals surface area contributed by atoms with Gasteiger partial charge in [0.25, 0.3) is 0 Å². The highest BCUT2D eigenvalue weighted by molar-refractivity contribution is 5.90. The third-order valence-electron chi connectivity index (χ3n) is 23.5. The Bertz CT molecular complexity index is 5390. The van der Waals surface area contributed by atoms with Crippen LogP contribution in [-0.4, -0.2) is 0 Å². The van der Waals surface area contributed by atoms with E-state index in [4.69, 9.17) is 2.74 Å². The third kappa shape index (κ3) is 12.1. The first kappa shape index (κ1) is 68.1. The van der Waals surface area contributed by atoms with Crippen LogP contribution in [0, 0.1) is 27.7 Å². The summed E-state index contributed by atoms with van der Waals surface area (Å²) in [4.78, 5) is 0. The van der Waals surface area contributed by atoms with Gasteiger partial charge in [0, 0.05) is 95.2 Å². The van der Waals surface area contributed by atoms with Gasteiger partial charge in [0.2, 0.25) is 22.8 Å². The predicted octanol–water partition coefficient (Wildman–Crippen LogP) is 22.5. The van der Waals surface area contributed by atoms with E-state index in [0.29, 0.717) is 11.8 Å². The molecular weight excluding hydrogens is 1230 g/mol. The van der Waals surface area contributed by atoms with Crippen molar-refractivity contribution in [1.29, 1.82) is 0 Å². The SMILES string of the molecule is CCc1cccc2c1C(C)(C)c1cc(C)c(-c3cccc[n+]3C)cc1-2.Cc1cc2c(cc1-c1cccc[n+]1C)-c1c(C(C)C)cccc1C2(C)C.Cc1cc2c(cc1-c1cccc[n+]1C)-c1cc(C(C)C)ccc1C2(C)C.[2H]C([2H])(C)c1ccc2c(c1)C(C)(C)c1cc(C)c(-c3cccc[n+]3C)cc1-2. The van der Waals surface area contributed by atoms with Crippen molar-refractivity contribution in [2.45, 2.75) is 171 Å². The zero-order valence-electron chi connectivity index (χ0n) is 66.9. The summed E-state index contributed by atoms with van der Waals surface area (Å²) >= 11 is 0. The molecule has 102 heavy (non-hydrogen) atoms. The third-order valence-corrected chi connectivity index (χ3v) is 23.5. The van der Waals surface area contributed by atoms with Crippen molar-refractivity contribution in [3.63, 3.8) is 0 Å². The van der Waals surface area contributed by atoms with Crippen LogP contribution in [0.3, 0.4) is 0 Å². The number of aryl methyl sites for hydroxylation is 10. The molecule has 4 aromatic heterocycles. The fourth-order valence-electron chi connectivity index (χ4n) is 17.5. The maximum Gasteiger partial charge on any atom is 0.212 e. The molecule has 4 aliphatic carbocycles. The molecule has 0 unspecified atom stereocenters. The Balaban J connectivity index is 0.000000123. The summed E-state index contributed by atoms with van der Waals surface area (Å²) in [6.07, 6.45) is 8.19. The minimum absolute atomic E-state index is 0.0533. The van der Waals surface area contributed by atoms with Crippen LogP contribution < -0.4 is 18.3 Å². The minimum Gasteiger partial charge on any atom is -0.201 e. The zero-order valence-corrected chi connectivity index (χ0v) is 64.9. The molecule has 0 radical (unpaired) electrons. The maximum absolute atomic E-state index is 8.09. The van der Waals surface area contributed by atoms with Crippen LogP contribution in [0.5, 0.6) is 0 Å². The second-order valence-corrected chi connectivity index (χ2v) is 32.2. The van der Waals surface area contributed by atoms with E-state index in [1.54, 1.807) is 6.92 Å². The quantitative estimate of drug-likeness (QED) is 0.135. The van der Waals surface area contributed by atoms with Crippen LogP contribution in [0.15, 0.2) is 219 Å². The van der Waals surface area contributed by atoms with Crippen molar-refractivity contribution >= 4 is 0 Å². The topological polar surface area (TPSA) is 15.5 Å². The number of benzene rings is 8. The van der Waals surface area contributed by atoms with Gasteiger partial charge in [0.1, 0.15) is 28.2 Å². The number of hydrogen-bond donors (Lipinski definition) is 0. The summed E-state index contributed by atoms with van der Waals surface area (Å²) < 4.78 is 25.0. The summed E-state index contributed by atoms with van der Waals surface area (Å²) in [5.74, 6) is 1.06. The smallest absolute Gasteiger partial charge is 0.201 e. The molecule has 16 rings (SSSR count). The van der Waals surface area contributed by atoms with E-state index in [-0.39, 0.29) is 21.7 Å². The summed E-state index contributed by atoms with van der Waals surface area (Å²) in [6, 6.07) is 71.5. The number of rotatable bonds is 8. The highest BCUT2D eigenvalue weighted by Crippen LogP contribution is 2.56. The Kier molecular flexibility index (Phi) is 18.0. The lowest BCUT2D eigenvalue weighted by Gasteiger charge is -2.24. The van der Waals surface area contributed by atoms with Gasteiger partial charge < -0.3 is 0 Å². The van der Waals surface area contributed by atoms with Crippen LogP contribution in [0.1, 0.15) is 201 Å². The van der Waals surface area contributed by atoms with Crippen molar-refractivity contribution in [2.24, 2.45) is 28.2 Å². The first-order chi connectivity index (χ1) is 49.2. The average Bonchev–Trinajstić information content (AvgIpc) is 1.59. The number of hydrogen-bond acceptors (Lipinski definition) is 0. The molecule has 0 fully saturated rings. The standard InChI is InChI=1S/2C25H28N.2C24H26N/c1-16(2)18-10-9-11-21-24(18)20-15-19(23-12-7-8-13-26(23)6)17(3)14-22(20)25(21,4)5;1-16(2)18-10-11-22-20(14-18)21-15-19(24-9-7-8-12-26(24)6)17(3)13-23(21)25(22,4)5;1-6-17-10-9-11-18-20-15-19(22-12-7-8-13-25(22)5)16(2)14-21(20)24(3,4)23(17)18;1-6-17-10-11-18-20-15-19(23-9-7-8-12-25(23)5)16(2)13-21(20)24(3,4)22(18)14-17/h2*7-16H,1-6H3;2*7-15H,6H2,1-5H3/q4*+1/i;;;6D2. The number of fused-ring (bicyclic) bond motifs is 12. The Morgan fingerprint density at radius 3 is 1.16 bits per heavy atom. The molecule has 0 atom stereocenters. The first-order valence-corrected chi connectivity index (χ1v) is 37.2. The van der Waals surface area contributed by atoms with Gasteiger partial charge in [-0.2, -0.15) is 0 Å². The molecule has 0 saturated carbocycles. The van der Waals surface area contributed by atoms with E-state index in [1.165, 1.54) is 173 Å². The molecular formula is C98H108N4+4. The highest BCUT2D eigenvalue weighted by atomic mass is 14.9. The molecule has 0 bridgehead atoms. The van der Waals surface area contributed by atoms with E-state index in [0.717, 1.165) is 12.0 Å². The Morgan fingerprint density at radius 1 is 0.324 bits per heavy atom. The van der Waals surface area contributed by atoms with Crippen LogP contribution in [0.2, 0.25) is 0 Å². The Morgan fingerprint density at radius 2 is 0.716 bits per heavy atom. The molecule has 0 aliphatic heterocycles. The molecule has 8 aromatic carbocycles. The zero-order chi connectivity index (χ0) is 74.6. The van der Waals surface area contributed by atoms with Crippen molar-refractivity contribution in [3.8, 4) is 89.5 Å². The summed E-state index contributed by atoms with van der Waals surface area (Å²) in [5, 5.41) is 0. The fourth-order valence-corrected chi connectivity index (χ4v) is 17.5. The van der Waals surface area contributed by atoms with Gasteiger partial charge in [-0.1, -0.05) is 194 Å². The van der Waals surface area contributed by atoms with Crippen LogP contribution in [0.4, 0.5) is 0 Å². The molecule has 0 saturated heterocycles. The molecule has 4 heteroatoms. The summed E-state index contributed by atoms with van der Waals surface area (Å²) in [7, 11) is 8.45. The van der Waals surface area contributed by atoms with Gasteiger partial charge in [-0.25, -0.2) is 18.3 Å². The van der Waals surface area contributed by atoms with Crippen molar-refractivity contribution in [1.82, 2.24) is 0 Å². The van der Waals surface area contributed by atoms with Crippen LogP contribution >= 0.6 is 0 Å². The lowest BCUT2D eigenvalue weighted by atomic mass is 9.79. The van der Waals surface area contributed by atoms with Gasteiger partial charge in [-0.05, 0) is 234 Å². The molecule has 12 aromatic rings. The minimum atomic E-state index is -1.33. The second-order valence-electron chi connectivity index (χ2n) is 32.2. The van der Waals surface area contributed by atoms with Gasteiger partial charge in [-0.3, -0.25) is 0 Å². The van der Waals surface area contributed by atoms with Gasteiger partial charge in [0.15, 0.2) is 24.8 Å². The van der Waals surface area contributed by atoms with Crippen LogP contribution in [-0.2, 0) is 62.6 Å². The fraction of sp³-hybridized carbons (Fsp3) is 0.306. The maximum atomic E-state index is 8.09. The first-order valence-electron chi connectivity index (χ1n) is 38.2. The second kappa shape index (κ2) is 27.0. The molecule has 516 valence electrons. The molecule has 4 aliphatic rings. The van der Waals surface area contributed by atoms with Gasteiger partial charge in [0.05, 0.1) is 0 Å². The van der Waals surface area contributed by atoms with E-state index in [2.05, 4.69) is 371 Å². The lowest BCUT2D eigenvalue weighted by Crippen LogP contribution is -2.30. The monoisotopic (exact) mass is 1340 g/mol. The van der Waals surface area contributed by atoms with E-state index < -0.39 is 6.37 Å². The van der Waals surface area contributed by atoms with Crippen molar-refractivity contribution < 1.29 is 21.0 Å². The highest BCUT2D eigenvalue weighted by Gasteiger charge is 2.42. The molecule has 0 spiro atoms. The molecule has 0 N–H and O–H groups in total. The van der Waals surface area contributed by atoms with Gasteiger partial charge >= 0.3 is 0 Å². The normalized spacial score (nSPS) is 14.8. The predicted molar refractivity (Wildman–Crippen MR) is 428 cm³/mol. The lowest BCUT2D eigenvalue weighted by molar-refractivity contribution is -0.660.